The van der Waals surface area contributed by atoms with E-state index in [-0.39, 0.29) is 5.91 Å². The van der Waals surface area contributed by atoms with Crippen LogP contribution in [0.3, 0.4) is 0 Å². The SMILES string of the molecule is CC[C@H](N)C(=O)NCCN(CC)c1cccc(C)c1. The lowest BCUT2D eigenvalue weighted by atomic mass is 10.2. The van der Waals surface area contributed by atoms with E-state index in [1.807, 2.05) is 6.92 Å². The van der Waals surface area contributed by atoms with Gasteiger partial charge < -0.3 is 16.0 Å². The molecule has 0 saturated heterocycles. The molecule has 1 aromatic carbocycles. The standard InChI is InChI=1S/C15H25N3O/c1-4-14(16)15(19)17-9-10-18(5-2)13-8-6-7-12(3)11-13/h6-8,11,14H,4-5,9-10,16H2,1-3H3,(H,17,19)/t14-/m0/s1. The van der Waals surface area contributed by atoms with Gasteiger partial charge in [0, 0.05) is 25.3 Å². The van der Waals surface area contributed by atoms with Crippen molar-refractivity contribution in [3.05, 3.63) is 29.8 Å². The molecule has 4 heteroatoms. The largest absolute Gasteiger partial charge is 0.370 e. The van der Waals surface area contributed by atoms with E-state index in [1.165, 1.54) is 11.3 Å². The molecule has 0 saturated carbocycles. The minimum atomic E-state index is -0.394. The predicted octanol–water partition coefficient (Wildman–Crippen LogP) is 1.67. The van der Waals surface area contributed by atoms with Crippen LogP contribution in [0.2, 0.25) is 0 Å². The van der Waals surface area contributed by atoms with Crippen LogP contribution in [-0.2, 0) is 4.79 Å². The lowest BCUT2D eigenvalue weighted by Crippen LogP contribution is -2.43. The number of benzene rings is 1. The molecule has 0 aliphatic heterocycles. The van der Waals surface area contributed by atoms with E-state index in [0.29, 0.717) is 13.0 Å². The molecule has 0 aliphatic carbocycles. The highest BCUT2D eigenvalue weighted by atomic mass is 16.2. The summed E-state index contributed by atoms with van der Waals surface area (Å²) in [4.78, 5) is 13.8. The molecule has 4 nitrogen and oxygen atoms in total. The third kappa shape index (κ3) is 4.91. The third-order valence-corrected chi connectivity index (χ3v) is 3.21. The second kappa shape index (κ2) is 7.79. The van der Waals surface area contributed by atoms with E-state index in [1.54, 1.807) is 0 Å². The van der Waals surface area contributed by atoms with Crippen molar-refractivity contribution in [3.8, 4) is 0 Å². The Labute approximate surface area is 116 Å². The maximum Gasteiger partial charge on any atom is 0.236 e. The second-order valence-electron chi connectivity index (χ2n) is 4.72. The van der Waals surface area contributed by atoms with Crippen LogP contribution in [0, 0.1) is 6.92 Å². The number of nitrogens with zero attached hydrogens (tertiary/aromatic N) is 1. The first-order valence-corrected chi connectivity index (χ1v) is 6.93. The van der Waals surface area contributed by atoms with Gasteiger partial charge in [0.1, 0.15) is 0 Å². The van der Waals surface area contributed by atoms with Crippen LogP contribution >= 0.6 is 0 Å². The van der Waals surface area contributed by atoms with E-state index in [9.17, 15) is 4.79 Å². The summed E-state index contributed by atoms with van der Waals surface area (Å²) in [6.45, 7) is 8.44. The molecule has 19 heavy (non-hydrogen) atoms. The van der Waals surface area contributed by atoms with Gasteiger partial charge in [0.15, 0.2) is 0 Å². The van der Waals surface area contributed by atoms with Crippen molar-refractivity contribution >= 4 is 11.6 Å². The highest BCUT2D eigenvalue weighted by molar-refractivity contribution is 5.81. The molecule has 3 N–H and O–H groups in total. The first-order valence-electron chi connectivity index (χ1n) is 6.93. The van der Waals surface area contributed by atoms with Gasteiger partial charge in [-0.05, 0) is 38.0 Å². The average molecular weight is 263 g/mol. The van der Waals surface area contributed by atoms with Crippen molar-refractivity contribution in [2.45, 2.75) is 33.2 Å². The van der Waals surface area contributed by atoms with Gasteiger partial charge in [-0.3, -0.25) is 4.79 Å². The summed E-state index contributed by atoms with van der Waals surface area (Å²) in [7, 11) is 0. The zero-order valence-electron chi connectivity index (χ0n) is 12.1. The summed E-state index contributed by atoms with van der Waals surface area (Å²) in [6, 6.07) is 7.99. The summed E-state index contributed by atoms with van der Waals surface area (Å²) in [6.07, 6.45) is 0.668. The Hall–Kier alpha value is -1.55. The Morgan fingerprint density at radius 1 is 1.42 bits per heavy atom. The van der Waals surface area contributed by atoms with Gasteiger partial charge in [-0.1, -0.05) is 19.1 Å². The van der Waals surface area contributed by atoms with Gasteiger partial charge >= 0.3 is 0 Å². The van der Waals surface area contributed by atoms with Crippen LogP contribution in [0.4, 0.5) is 5.69 Å². The van der Waals surface area contributed by atoms with Crippen molar-refractivity contribution in [3.63, 3.8) is 0 Å². The molecule has 106 valence electrons. The Kier molecular flexibility index (Phi) is 6.36. The number of nitrogens with two attached hydrogens (primary N) is 1. The molecule has 0 fully saturated rings. The van der Waals surface area contributed by atoms with Crippen LogP contribution in [-0.4, -0.2) is 31.6 Å². The monoisotopic (exact) mass is 263 g/mol. The van der Waals surface area contributed by atoms with Crippen LogP contribution in [0.15, 0.2) is 24.3 Å². The Bertz CT molecular complexity index is 406. The van der Waals surface area contributed by atoms with Crippen molar-refractivity contribution in [1.82, 2.24) is 5.32 Å². The van der Waals surface area contributed by atoms with E-state index >= 15 is 0 Å². The van der Waals surface area contributed by atoms with Crippen LogP contribution in [0.5, 0.6) is 0 Å². The second-order valence-corrected chi connectivity index (χ2v) is 4.72. The average Bonchev–Trinajstić information content (AvgIpc) is 2.42. The highest BCUT2D eigenvalue weighted by Crippen LogP contribution is 2.14. The molecule has 0 bridgehead atoms. The number of hydrogen-bond donors (Lipinski definition) is 2. The fraction of sp³-hybridized carbons (Fsp3) is 0.533. The van der Waals surface area contributed by atoms with Crippen molar-refractivity contribution in [1.29, 1.82) is 0 Å². The molecule has 0 aromatic heterocycles. The normalized spacial score (nSPS) is 12.0. The minimum Gasteiger partial charge on any atom is -0.370 e. The van der Waals surface area contributed by atoms with Gasteiger partial charge in [0.25, 0.3) is 0 Å². The molecular weight excluding hydrogens is 238 g/mol. The number of rotatable bonds is 7. The van der Waals surface area contributed by atoms with Crippen LogP contribution < -0.4 is 16.0 Å². The summed E-state index contributed by atoms with van der Waals surface area (Å²) >= 11 is 0. The maximum atomic E-state index is 11.6. The molecular formula is C15H25N3O. The van der Waals surface area contributed by atoms with Crippen LogP contribution in [0.25, 0.3) is 0 Å². The van der Waals surface area contributed by atoms with Gasteiger partial charge in [-0.25, -0.2) is 0 Å². The Balaban J connectivity index is 2.48. The maximum absolute atomic E-state index is 11.6. The summed E-state index contributed by atoms with van der Waals surface area (Å²) < 4.78 is 0. The molecule has 0 spiro atoms. The third-order valence-electron chi connectivity index (χ3n) is 3.21. The zero-order valence-corrected chi connectivity index (χ0v) is 12.1. The molecule has 0 radical (unpaired) electrons. The molecule has 0 unspecified atom stereocenters. The van der Waals surface area contributed by atoms with Gasteiger partial charge in [0.2, 0.25) is 5.91 Å². The number of aryl methyl sites for hydroxylation is 1. The number of hydrogen-bond acceptors (Lipinski definition) is 3. The van der Waals surface area contributed by atoms with E-state index in [2.05, 4.69) is 48.3 Å². The molecule has 0 heterocycles. The minimum absolute atomic E-state index is 0.0669. The highest BCUT2D eigenvalue weighted by Gasteiger charge is 2.10. The van der Waals surface area contributed by atoms with Crippen molar-refractivity contribution < 1.29 is 4.79 Å². The first-order chi connectivity index (χ1) is 9.08. The molecule has 1 atom stereocenters. The fourth-order valence-corrected chi connectivity index (χ4v) is 1.93. The smallest absolute Gasteiger partial charge is 0.236 e. The Morgan fingerprint density at radius 3 is 2.74 bits per heavy atom. The van der Waals surface area contributed by atoms with Gasteiger partial charge in [0.05, 0.1) is 6.04 Å². The van der Waals surface area contributed by atoms with Gasteiger partial charge in [-0.15, -0.1) is 0 Å². The topological polar surface area (TPSA) is 58.4 Å². The van der Waals surface area contributed by atoms with Crippen molar-refractivity contribution in [2.75, 3.05) is 24.5 Å². The van der Waals surface area contributed by atoms with Crippen LogP contribution in [0.1, 0.15) is 25.8 Å². The van der Waals surface area contributed by atoms with Crippen molar-refractivity contribution in [2.24, 2.45) is 5.73 Å². The van der Waals surface area contributed by atoms with E-state index < -0.39 is 6.04 Å². The predicted molar refractivity (Wildman–Crippen MR) is 80.3 cm³/mol. The fourth-order valence-electron chi connectivity index (χ4n) is 1.93. The summed E-state index contributed by atoms with van der Waals surface area (Å²) in [5.41, 5.74) is 8.11. The molecule has 0 aliphatic rings. The lowest BCUT2D eigenvalue weighted by Gasteiger charge is -2.24. The first kappa shape index (κ1) is 15.5. The van der Waals surface area contributed by atoms with Gasteiger partial charge in [-0.2, -0.15) is 0 Å². The summed E-state index contributed by atoms with van der Waals surface area (Å²) in [5, 5.41) is 2.88. The zero-order chi connectivity index (χ0) is 14.3. The number of carbonyl (C=O) groups excluding carboxylic acids is 1. The van der Waals surface area contributed by atoms with E-state index in [0.717, 1.165) is 13.1 Å². The number of amides is 1. The number of nitrogens with one attached hydrogen (secondary N) is 1. The number of carbonyl (C=O) groups is 1. The number of likely N-dealkylation sites (N-methyl/N-ethyl adjacent to an activating group) is 1. The quantitative estimate of drug-likeness (QED) is 0.787. The lowest BCUT2D eigenvalue weighted by molar-refractivity contribution is -0.122. The number of anilines is 1. The molecule has 1 rings (SSSR count). The molecule has 1 amide bonds. The van der Waals surface area contributed by atoms with E-state index in [4.69, 9.17) is 5.73 Å². The molecule has 1 aromatic rings. The summed E-state index contributed by atoms with van der Waals surface area (Å²) in [5.74, 6) is -0.0669. The Morgan fingerprint density at radius 2 is 2.16 bits per heavy atom.